The van der Waals surface area contributed by atoms with Gasteiger partial charge >= 0.3 is 0 Å². The lowest BCUT2D eigenvalue weighted by Gasteiger charge is -2.50. The van der Waals surface area contributed by atoms with Gasteiger partial charge in [0.15, 0.2) is 0 Å². The first-order valence-electron chi connectivity index (χ1n) is 17.5. The number of amides is 4. The SMILES string of the molecule is Cc1ccc(NN2C(=O)[C@@H]3C[C@@H]4C(=CC[C@@H]5C(=O)N(c6ccc(I)cc6)C(=O)[C@@H]54)[C@H](c4ccc5ccccc5c4O)[C@]3(c3ccccc3)C2=O)cc1. The fourth-order valence-corrected chi connectivity index (χ4v) is 9.80. The third-order valence-corrected chi connectivity index (χ3v) is 12.4. The topological polar surface area (TPSA) is 107 Å². The summed E-state index contributed by atoms with van der Waals surface area (Å²) in [5.74, 6) is -4.96. The van der Waals surface area contributed by atoms with Crippen molar-refractivity contribution in [3.05, 3.63) is 147 Å². The van der Waals surface area contributed by atoms with E-state index >= 15 is 4.79 Å². The Balaban J connectivity index is 1.26. The number of nitrogens with zero attached hydrogens (tertiary/aromatic N) is 2. The molecule has 52 heavy (non-hydrogen) atoms. The second-order valence-corrected chi connectivity index (χ2v) is 15.6. The number of hydrogen-bond donors (Lipinski definition) is 2. The number of rotatable bonds is 5. The lowest BCUT2D eigenvalue weighted by atomic mass is 9.49. The number of anilines is 2. The van der Waals surface area contributed by atoms with Crippen LogP contribution in [0.5, 0.6) is 5.75 Å². The number of imide groups is 2. The van der Waals surface area contributed by atoms with Gasteiger partial charge in [-0.25, -0.2) is 0 Å². The van der Waals surface area contributed by atoms with Crippen LogP contribution in [-0.4, -0.2) is 33.7 Å². The zero-order valence-electron chi connectivity index (χ0n) is 28.2. The Labute approximate surface area is 314 Å². The van der Waals surface area contributed by atoms with Crippen molar-refractivity contribution in [3.63, 3.8) is 0 Å². The summed E-state index contributed by atoms with van der Waals surface area (Å²) >= 11 is 2.19. The number of aromatic hydroxyl groups is 1. The summed E-state index contributed by atoms with van der Waals surface area (Å²) < 4.78 is 0.984. The second kappa shape index (κ2) is 12.2. The number of nitrogens with one attached hydrogen (secondary N) is 1. The highest BCUT2D eigenvalue weighted by Gasteiger charge is 2.70. The number of phenolic OH excluding ortho intramolecular Hbond substituents is 1. The third-order valence-electron chi connectivity index (χ3n) is 11.7. The van der Waals surface area contributed by atoms with Crippen LogP contribution in [0.2, 0.25) is 0 Å². The molecule has 5 aromatic rings. The van der Waals surface area contributed by atoms with E-state index in [2.05, 4.69) is 28.0 Å². The number of fused-ring (bicyclic) bond motifs is 5. The first-order chi connectivity index (χ1) is 25.2. The number of allylic oxidation sites excluding steroid dienone is 2. The molecule has 2 aliphatic heterocycles. The summed E-state index contributed by atoms with van der Waals surface area (Å²) in [5, 5.41) is 14.8. The Morgan fingerprint density at radius 3 is 2.23 bits per heavy atom. The van der Waals surface area contributed by atoms with Crippen LogP contribution in [0, 0.1) is 34.2 Å². The van der Waals surface area contributed by atoms with E-state index in [-0.39, 0.29) is 24.0 Å². The highest BCUT2D eigenvalue weighted by molar-refractivity contribution is 14.1. The van der Waals surface area contributed by atoms with E-state index in [9.17, 15) is 19.5 Å². The molecule has 6 atom stereocenters. The molecule has 0 aromatic heterocycles. The molecule has 2 aliphatic carbocycles. The molecule has 2 saturated heterocycles. The quantitative estimate of drug-likeness (QED) is 0.108. The average molecular weight is 800 g/mol. The summed E-state index contributed by atoms with van der Waals surface area (Å²) in [5.41, 5.74) is 5.77. The molecule has 0 radical (unpaired) electrons. The van der Waals surface area contributed by atoms with Crippen LogP contribution in [0.1, 0.15) is 35.4 Å². The van der Waals surface area contributed by atoms with E-state index < -0.39 is 46.8 Å². The molecule has 2 heterocycles. The molecule has 9 rings (SSSR count). The van der Waals surface area contributed by atoms with Crippen molar-refractivity contribution in [2.75, 3.05) is 10.3 Å². The lowest BCUT2D eigenvalue weighted by Crippen LogP contribution is -2.53. The minimum Gasteiger partial charge on any atom is -0.507 e. The Morgan fingerprint density at radius 1 is 0.769 bits per heavy atom. The Kier molecular flexibility index (Phi) is 7.62. The largest absolute Gasteiger partial charge is 0.507 e. The summed E-state index contributed by atoms with van der Waals surface area (Å²) in [4.78, 5) is 60.2. The van der Waals surface area contributed by atoms with Crippen LogP contribution in [0.3, 0.4) is 0 Å². The molecule has 4 aliphatic rings. The number of benzene rings is 5. The first-order valence-corrected chi connectivity index (χ1v) is 18.6. The zero-order valence-corrected chi connectivity index (χ0v) is 30.4. The fraction of sp³-hybridized carbons (Fsp3) is 0.209. The lowest BCUT2D eigenvalue weighted by molar-refractivity contribution is -0.138. The fourth-order valence-electron chi connectivity index (χ4n) is 9.44. The molecule has 3 fully saturated rings. The van der Waals surface area contributed by atoms with Gasteiger partial charge in [-0.2, -0.15) is 5.01 Å². The standard InChI is InChI=1S/C43H34IN3O5/c1-24-11-16-28(17-12-24)45-47-40(50)35-23-34-31(21-22-32-36(34)41(51)46(39(32)49)29-18-14-27(44)15-19-29)37(43(35,42(47)52)26-8-3-2-4-9-26)33-20-13-25-7-5-6-10-30(25)38(33)48/h2-21,32,34-37,45,48H,22-23H2,1H3/t32-,34+,35-,36-,37+,43+/m0/s1. The predicted octanol–water partition coefficient (Wildman–Crippen LogP) is 7.65. The van der Waals surface area contributed by atoms with Gasteiger partial charge in [-0.1, -0.05) is 96.1 Å². The van der Waals surface area contributed by atoms with Gasteiger partial charge in [0.1, 0.15) is 5.75 Å². The van der Waals surface area contributed by atoms with Crippen LogP contribution in [-0.2, 0) is 24.6 Å². The van der Waals surface area contributed by atoms with Gasteiger partial charge in [-0.3, -0.25) is 29.5 Å². The molecule has 0 spiro atoms. The minimum atomic E-state index is -1.47. The molecular weight excluding hydrogens is 765 g/mol. The Morgan fingerprint density at radius 2 is 1.48 bits per heavy atom. The Bertz CT molecular complexity index is 2340. The smallest absolute Gasteiger partial charge is 0.260 e. The van der Waals surface area contributed by atoms with Gasteiger partial charge in [0, 0.05) is 20.4 Å². The van der Waals surface area contributed by atoms with Crippen molar-refractivity contribution in [1.29, 1.82) is 0 Å². The van der Waals surface area contributed by atoms with Gasteiger partial charge in [0.05, 0.1) is 34.5 Å². The summed E-state index contributed by atoms with van der Waals surface area (Å²) in [6.45, 7) is 1.97. The zero-order chi connectivity index (χ0) is 35.9. The maximum atomic E-state index is 15.4. The number of hydrazine groups is 1. The van der Waals surface area contributed by atoms with Crippen molar-refractivity contribution in [1.82, 2.24) is 5.01 Å². The van der Waals surface area contributed by atoms with Crippen molar-refractivity contribution in [2.45, 2.75) is 31.1 Å². The highest BCUT2D eigenvalue weighted by Crippen LogP contribution is 2.65. The van der Waals surface area contributed by atoms with E-state index in [4.69, 9.17) is 0 Å². The molecule has 8 nitrogen and oxygen atoms in total. The predicted molar refractivity (Wildman–Crippen MR) is 206 cm³/mol. The van der Waals surface area contributed by atoms with Gasteiger partial charge in [0.2, 0.25) is 11.8 Å². The molecule has 258 valence electrons. The maximum absolute atomic E-state index is 15.4. The van der Waals surface area contributed by atoms with Gasteiger partial charge in [-0.05, 0) is 95.6 Å². The number of hydrogen-bond acceptors (Lipinski definition) is 6. The number of phenols is 1. The second-order valence-electron chi connectivity index (χ2n) is 14.3. The summed E-state index contributed by atoms with van der Waals surface area (Å²) in [7, 11) is 0. The summed E-state index contributed by atoms with van der Waals surface area (Å²) in [6, 6.07) is 35.5. The monoisotopic (exact) mass is 799 g/mol. The number of carbonyl (C=O) groups is 4. The minimum absolute atomic E-state index is 0.0281. The number of aryl methyl sites for hydroxylation is 1. The van der Waals surface area contributed by atoms with Gasteiger partial charge < -0.3 is 5.11 Å². The molecule has 5 aromatic carbocycles. The van der Waals surface area contributed by atoms with E-state index in [1.54, 1.807) is 12.1 Å². The van der Waals surface area contributed by atoms with Crippen LogP contribution in [0.25, 0.3) is 10.8 Å². The van der Waals surface area contributed by atoms with Crippen molar-refractivity contribution in [3.8, 4) is 5.75 Å². The average Bonchev–Trinajstić information content (AvgIpc) is 3.54. The molecule has 4 amide bonds. The normalized spacial score (nSPS) is 26.7. The maximum Gasteiger partial charge on any atom is 0.260 e. The molecule has 0 bridgehead atoms. The van der Waals surface area contributed by atoms with Crippen molar-refractivity contribution in [2.24, 2.45) is 23.7 Å². The van der Waals surface area contributed by atoms with E-state index in [1.807, 2.05) is 116 Å². The Hall–Kier alpha value is -5.29. The third kappa shape index (κ3) is 4.64. The molecule has 0 unspecified atom stereocenters. The summed E-state index contributed by atoms with van der Waals surface area (Å²) in [6.07, 6.45) is 2.50. The highest BCUT2D eigenvalue weighted by atomic mass is 127. The van der Waals surface area contributed by atoms with Gasteiger partial charge in [0.25, 0.3) is 11.8 Å². The van der Waals surface area contributed by atoms with Gasteiger partial charge in [-0.15, -0.1) is 0 Å². The molecule has 1 saturated carbocycles. The van der Waals surface area contributed by atoms with E-state index in [1.165, 1.54) is 4.90 Å². The molecule has 9 heteroatoms. The number of carbonyl (C=O) groups excluding carboxylic acids is 4. The van der Waals surface area contributed by atoms with Crippen LogP contribution in [0.15, 0.2) is 127 Å². The van der Waals surface area contributed by atoms with E-state index in [0.29, 0.717) is 34.3 Å². The van der Waals surface area contributed by atoms with Crippen molar-refractivity contribution < 1.29 is 24.3 Å². The van der Waals surface area contributed by atoms with Crippen LogP contribution in [0.4, 0.5) is 11.4 Å². The first kappa shape index (κ1) is 32.6. The molecular formula is C43H34IN3O5. The number of halogens is 1. The van der Waals surface area contributed by atoms with E-state index in [0.717, 1.165) is 25.1 Å². The van der Waals surface area contributed by atoms with Crippen LogP contribution >= 0.6 is 22.6 Å². The van der Waals surface area contributed by atoms with Crippen molar-refractivity contribution >= 4 is 68.4 Å². The van der Waals surface area contributed by atoms with Crippen LogP contribution < -0.4 is 10.3 Å². The molecule has 2 N–H and O–H groups in total.